The van der Waals surface area contributed by atoms with Gasteiger partial charge >= 0.3 is 0 Å². The fourth-order valence-electron chi connectivity index (χ4n) is 3.13. The Morgan fingerprint density at radius 3 is 2.71 bits per heavy atom. The number of para-hydroxylation sites is 1. The molecule has 0 saturated heterocycles. The van der Waals surface area contributed by atoms with Crippen molar-refractivity contribution < 1.29 is 4.79 Å². The van der Waals surface area contributed by atoms with Crippen LogP contribution in [-0.2, 0) is 0 Å². The van der Waals surface area contributed by atoms with Crippen LogP contribution in [0.25, 0.3) is 16.5 Å². The summed E-state index contributed by atoms with van der Waals surface area (Å²) in [6.07, 6.45) is 1.50. The molecule has 1 aromatic heterocycles. The molecule has 0 aliphatic rings. The van der Waals surface area contributed by atoms with Crippen LogP contribution in [0.2, 0.25) is 0 Å². The average Bonchev–Trinajstić information content (AvgIpc) is 2.80. The first kappa shape index (κ1) is 19.6. The van der Waals surface area contributed by atoms with Crippen molar-refractivity contribution in [3.8, 4) is 11.8 Å². The van der Waals surface area contributed by atoms with E-state index in [1.165, 1.54) is 13.1 Å². The molecule has 4 rings (SSSR count). The standard InChI is InChI=1S/C24H15N5O2/c1-16-21(14-25)24(31)29(19-11-3-2-4-12-19)28-22(16)23(30)27-26-15-18-10-7-9-17-8-5-6-13-20(17)18/h2-6,8,10-13,15H,1H3,(H,27,30)/b26-15+. The van der Waals surface area contributed by atoms with Gasteiger partial charge in [0.1, 0.15) is 11.6 Å². The Bertz CT molecular complexity index is 1410. The van der Waals surface area contributed by atoms with Gasteiger partial charge in [0, 0.05) is 16.5 Å². The number of hydrogen-bond donors (Lipinski definition) is 1. The number of hydrazone groups is 1. The van der Waals surface area contributed by atoms with Crippen LogP contribution in [0.4, 0.5) is 0 Å². The number of nitrogens with zero attached hydrogens (tertiary/aromatic N) is 4. The predicted octanol–water partition coefficient (Wildman–Crippen LogP) is 2.93. The third kappa shape index (κ3) is 3.76. The number of hydrogen-bond acceptors (Lipinski definition) is 5. The Morgan fingerprint density at radius 2 is 1.94 bits per heavy atom. The Labute approximate surface area is 177 Å². The summed E-state index contributed by atoms with van der Waals surface area (Å²) in [5.41, 5.74) is 3.03. The molecular weight excluding hydrogens is 390 g/mol. The molecule has 1 amide bonds. The molecule has 0 radical (unpaired) electrons. The molecule has 0 spiro atoms. The maximum Gasteiger partial charge on any atom is 0.292 e. The molecule has 3 aromatic carbocycles. The lowest BCUT2D eigenvalue weighted by Gasteiger charge is -2.10. The number of benzene rings is 2. The SMILES string of the molecule is Cc1c(C(=O)N/N=C/c2cc#cc3ccccc23)nn(-c2ccccc2)c(=O)c1C#N. The fraction of sp³-hybridized carbons (Fsp3) is 0.0417. The Morgan fingerprint density at radius 1 is 1.19 bits per heavy atom. The van der Waals surface area contributed by atoms with E-state index in [1.54, 1.807) is 36.4 Å². The van der Waals surface area contributed by atoms with Gasteiger partial charge in [-0.15, -0.1) is 0 Å². The summed E-state index contributed by atoms with van der Waals surface area (Å²) in [6.45, 7) is 1.51. The van der Waals surface area contributed by atoms with Crippen molar-refractivity contribution in [1.29, 1.82) is 5.26 Å². The van der Waals surface area contributed by atoms with E-state index >= 15 is 0 Å². The van der Waals surface area contributed by atoms with Gasteiger partial charge in [0.2, 0.25) is 0 Å². The van der Waals surface area contributed by atoms with Crippen molar-refractivity contribution >= 4 is 22.9 Å². The highest BCUT2D eigenvalue weighted by molar-refractivity contribution is 6.00. The van der Waals surface area contributed by atoms with Crippen LogP contribution < -0.4 is 11.0 Å². The lowest BCUT2D eigenvalue weighted by molar-refractivity contribution is 0.0947. The van der Waals surface area contributed by atoms with E-state index in [1.807, 2.05) is 30.3 Å². The highest BCUT2D eigenvalue weighted by Gasteiger charge is 2.20. The maximum atomic E-state index is 12.8. The van der Waals surface area contributed by atoms with E-state index in [0.717, 1.165) is 21.0 Å². The molecular formula is C24H15N5O2. The molecule has 7 heteroatoms. The highest BCUT2D eigenvalue weighted by Crippen LogP contribution is 2.14. The van der Waals surface area contributed by atoms with Crippen LogP contribution in [0.1, 0.15) is 27.2 Å². The zero-order valence-electron chi connectivity index (χ0n) is 16.5. The summed E-state index contributed by atoms with van der Waals surface area (Å²) in [5, 5.41) is 19.4. The molecule has 0 aliphatic heterocycles. The van der Waals surface area contributed by atoms with Gasteiger partial charge in [-0.2, -0.15) is 20.1 Å². The molecule has 0 aliphatic carbocycles. The zero-order chi connectivity index (χ0) is 21.8. The molecule has 1 heterocycles. The van der Waals surface area contributed by atoms with Gasteiger partial charge in [-0.1, -0.05) is 48.5 Å². The molecule has 0 unspecified atom stereocenters. The minimum absolute atomic E-state index is 0.0602. The van der Waals surface area contributed by atoms with Gasteiger partial charge in [0.05, 0.1) is 11.9 Å². The second-order valence-corrected chi connectivity index (χ2v) is 6.63. The minimum atomic E-state index is -0.634. The molecule has 0 fully saturated rings. The van der Waals surface area contributed by atoms with Gasteiger partial charge in [0.15, 0.2) is 5.69 Å². The Hall–Kier alpha value is -4.75. The summed E-state index contributed by atoms with van der Waals surface area (Å²) in [6, 6.07) is 25.7. The normalized spacial score (nSPS) is 10.6. The van der Waals surface area contributed by atoms with Gasteiger partial charge in [0.25, 0.3) is 11.5 Å². The van der Waals surface area contributed by atoms with Crippen LogP contribution in [0, 0.1) is 30.4 Å². The quantitative estimate of drug-likeness (QED) is 0.417. The fourth-order valence-corrected chi connectivity index (χ4v) is 3.13. The van der Waals surface area contributed by atoms with Crippen LogP contribution in [0.15, 0.2) is 70.6 Å². The molecule has 7 nitrogen and oxygen atoms in total. The van der Waals surface area contributed by atoms with Crippen molar-refractivity contribution in [2.45, 2.75) is 6.92 Å². The molecule has 0 bridgehead atoms. The predicted molar refractivity (Wildman–Crippen MR) is 116 cm³/mol. The van der Waals surface area contributed by atoms with E-state index < -0.39 is 11.5 Å². The van der Waals surface area contributed by atoms with E-state index in [9.17, 15) is 14.9 Å². The first-order valence-electron chi connectivity index (χ1n) is 9.34. The molecule has 31 heavy (non-hydrogen) atoms. The zero-order valence-corrected chi connectivity index (χ0v) is 16.5. The third-order valence-electron chi connectivity index (χ3n) is 4.71. The average molecular weight is 405 g/mol. The molecule has 148 valence electrons. The number of nitriles is 1. The van der Waals surface area contributed by atoms with Crippen molar-refractivity contribution in [3.63, 3.8) is 0 Å². The summed E-state index contributed by atoms with van der Waals surface area (Å²) < 4.78 is 1.04. The van der Waals surface area contributed by atoms with Crippen LogP contribution in [-0.4, -0.2) is 21.9 Å². The maximum absolute atomic E-state index is 12.8. The second kappa shape index (κ2) is 8.32. The van der Waals surface area contributed by atoms with Gasteiger partial charge in [-0.25, -0.2) is 5.43 Å². The number of nitrogens with one attached hydrogen (secondary N) is 1. The van der Waals surface area contributed by atoms with Crippen molar-refractivity contribution in [1.82, 2.24) is 15.2 Å². The summed E-state index contributed by atoms with van der Waals surface area (Å²) >= 11 is 0. The largest absolute Gasteiger partial charge is 0.292 e. The summed E-state index contributed by atoms with van der Waals surface area (Å²) in [4.78, 5) is 25.4. The van der Waals surface area contributed by atoms with Crippen LogP contribution in [0.5, 0.6) is 0 Å². The van der Waals surface area contributed by atoms with Crippen LogP contribution in [0.3, 0.4) is 0 Å². The van der Waals surface area contributed by atoms with E-state index in [2.05, 4.69) is 27.8 Å². The lowest BCUT2D eigenvalue weighted by atomic mass is 10.1. The number of aromatic nitrogens is 2. The topological polar surface area (TPSA) is 100 Å². The van der Waals surface area contributed by atoms with Crippen molar-refractivity contribution in [3.05, 3.63) is 106 Å². The Kier molecular flexibility index (Phi) is 5.25. The smallest absolute Gasteiger partial charge is 0.266 e. The molecule has 1 N–H and O–H groups in total. The second-order valence-electron chi connectivity index (χ2n) is 6.63. The molecule has 4 aromatic rings. The Balaban J connectivity index is 1.68. The number of rotatable bonds is 4. The number of amides is 1. The summed E-state index contributed by atoms with van der Waals surface area (Å²) in [5.74, 6) is -0.634. The van der Waals surface area contributed by atoms with Gasteiger partial charge in [-0.05, 0) is 36.6 Å². The van der Waals surface area contributed by atoms with E-state index in [0.29, 0.717) is 5.69 Å². The lowest BCUT2D eigenvalue weighted by Crippen LogP contribution is -2.31. The van der Waals surface area contributed by atoms with Gasteiger partial charge in [-0.3, -0.25) is 9.59 Å². The van der Waals surface area contributed by atoms with Gasteiger partial charge < -0.3 is 0 Å². The number of fused-ring (bicyclic) bond motifs is 1. The molecule has 0 atom stereocenters. The minimum Gasteiger partial charge on any atom is -0.266 e. The monoisotopic (exact) mass is 405 g/mol. The van der Waals surface area contributed by atoms with E-state index in [-0.39, 0.29) is 16.8 Å². The first-order chi connectivity index (χ1) is 15.1. The number of carbonyl (C=O) groups excluding carboxylic acids is 1. The van der Waals surface area contributed by atoms with Crippen molar-refractivity contribution in [2.75, 3.05) is 0 Å². The molecule has 0 saturated carbocycles. The highest BCUT2D eigenvalue weighted by atomic mass is 16.2. The first-order valence-corrected chi connectivity index (χ1v) is 9.34. The van der Waals surface area contributed by atoms with Crippen LogP contribution >= 0.6 is 0 Å². The summed E-state index contributed by atoms with van der Waals surface area (Å²) in [7, 11) is 0. The van der Waals surface area contributed by atoms with Crippen molar-refractivity contribution in [2.24, 2.45) is 5.10 Å². The van der Waals surface area contributed by atoms with E-state index in [4.69, 9.17) is 0 Å². The third-order valence-corrected chi connectivity index (χ3v) is 4.71. The number of carbonyl (C=O) groups is 1.